The second-order valence-corrected chi connectivity index (χ2v) is 9.54. The maximum atomic E-state index is 13.4. The molecule has 0 saturated heterocycles. The van der Waals surface area contributed by atoms with Gasteiger partial charge in [0.2, 0.25) is 5.91 Å². The number of Topliss-reactive ketones (excluding diaryl/α,β-unsaturated/α-hetero) is 1. The third-order valence-electron chi connectivity index (χ3n) is 6.21. The number of carbonyl (C=O) groups is 2. The van der Waals surface area contributed by atoms with Gasteiger partial charge in [0.1, 0.15) is 5.75 Å². The monoisotopic (exact) mass is 463 g/mol. The number of rotatable bonds is 7. The Morgan fingerprint density at radius 2 is 1.50 bits per heavy atom. The summed E-state index contributed by atoms with van der Waals surface area (Å²) in [6, 6.07) is 13.6. The normalized spacial score (nSPS) is 20.3. The van der Waals surface area contributed by atoms with E-state index in [1.165, 1.54) is 0 Å². The molecular weight excluding hydrogens is 430 g/mol. The maximum absolute atomic E-state index is 13.4. The first kappa shape index (κ1) is 23.9. The fourth-order valence-electron chi connectivity index (χ4n) is 4.82. The predicted octanol–water partition coefficient (Wildman–Crippen LogP) is 5.27. The molecule has 0 saturated carbocycles. The molecule has 6 heteroatoms. The number of allylic oxidation sites excluding steroid dienone is 2. The van der Waals surface area contributed by atoms with Crippen LogP contribution >= 0.6 is 0 Å². The summed E-state index contributed by atoms with van der Waals surface area (Å²) in [6.07, 6.45) is 1.40. The van der Waals surface area contributed by atoms with Gasteiger partial charge >= 0.3 is 0 Å². The second kappa shape index (κ2) is 9.92. The summed E-state index contributed by atoms with van der Waals surface area (Å²) in [5.74, 6) is 1.81. The Morgan fingerprint density at radius 1 is 0.824 bits per heavy atom. The lowest BCUT2D eigenvalue weighted by molar-refractivity contribution is -0.122. The molecule has 180 valence electrons. The van der Waals surface area contributed by atoms with Crippen LogP contribution < -0.4 is 19.5 Å². The summed E-state index contributed by atoms with van der Waals surface area (Å²) in [7, 11) is 1.60. The van der Waals surface area contributed by atoms with Crippen molar-refractivity contribution in [3.8, 4) is 17.2 Å². The number of carbonyl (C=O) groups excluding carboxylic acids is 2. The van der Waals surface area contributed by atoms with E-state index in [2.05, 4.69) is 5.32 Å². The minimum atomic E-state index is -0.291. The molecule has 0 radical (unpaired) electrons. The smallest absolute Gasteiger partial charge is 0.225 e. The Hall–Kier alpha value is -3.28. The van der Waals surface area contributed by atoms with Crippen molar-refractivity contribution in [3.05, 3.63) is 64.9 Å². The highest BCUT2D eigenvalue weighted by Crippen LogP contribution is 2.44. The average Bonchev–Trinajstić information content (AvgIpc) is 2.78. The van der Waals surface area contributed by atoms with Crippen molar-refractivity contribution < 1.29 is 23.8 Å². The Balaban J connectivity index is 1.62. The van der Waals surface area contributed by atoms with Gasteiger partial charge in [-0.25, -0.2) is 0 Å². The molecule has 6 nitrogen and oxygen atoms in total. The zero-order valence-electron chi connectivity index (χ0n) is 20.5. The number of methoxy groups -OCH3 is 1. The van der Waals surface area contributed by atoms with E-state index in [1.54, 1.807) is 7.11 Å². The molecule has 1 aliphatic carbocycles. The fourth-order valence-corrected chi connectivity index (χ4v) is 4.82. The number of benzene rings is 2. The van der Waals surface area contributed by atoms with Crippen LogP contribution in [0.4, 0.5) is 0 Å². The van der Waals surface area contributed by atoms with Gasteiger partial charge in [0.25, 0.3) is 0 Å². The minimum absolute atomic E-state index is 0.0115. The molecule has 0 spiro atoms. The molecule has 0 fully saturated rings. The molecule has 1 aliphatic heterocycles. The van der Waals surface area contributed by atoms with Crippen LogP contribution in [0.5, 0.6) is 17.2 Å². The maximum Gasteiger partial charge on any atom is 0.225 e. The highest BCUT2D eigenvalue weighted by Gasteiger charge is 2.38. The van der Waals surface area contributed by atoms with E-state index in [9.17, 15) is 9.59 Å². The van der Waals surface area contributed by atoms with Gasteiger partial charge in [-0.1, -0.05) is 18.2 Å². The zero-order chi connectivity index (χ0) is 24.4. The number of hydrogen-bond donors (Lipinski definition) is 1. The van der Waals surface area contributed by atoms with Crippen LogP contribution in [0.15, 0.2) is 53.7 Å². The van der Waals surface area contributed by atoms with Crippen LogP contribution in [-0.4, -0.2) is 31.0 Å². The first-order chi connectivity index (χ1) is 16.2. The molecule has 2 unspecified atom stereocenters. The topological polar surface area (TPSA) is 73.9 Å². The van der Waals surface area contributed by atoms with Crippen molar-refractivity contribution in [3.63, 3.8) is 0 Å². The standard InChI is InChI=1S/C28H33NO5/c1-16(2)33-21-9-6-18(7-10-21)20-12-23-28(24(30)13-20)22(15-27(31)29-23)19-8-11-25(34-17(3)4)26(14-19)32-5/h6-11,14,16-17,20,22H,12-13,15H2,1-5H3,(H,29,31). The fraction of sp³-hybridized carbons (Fsp3) is 0.429. The quantitative estimate of drug-likeness (QED) is 0.605. The largest absolute Gasteiger partial charge is 0.493 e. The summed E-state index contributed by atoms with van der Waals surface area (Å²) in [5.41, 5.74) is 3.42. The number of ketones is 1. The summed E-state index contributed by atoms with van der Waals surface area (Å²) in [5, 5.41) is 2.99. The van der Waals surface area contributed by atoms with Crippen molar-refractivity contribution in [1.82, 2.24) is 5.32 Å². The van der Waals surface area contributed by atoms with E-state index in [4.69, 9.17) is 14.2 Å². The van der Waals surface area contributed by atoms with Gasteiger partial charge in [0, 0.05) is 30.0 Å². The highest BCUT2D eigenvalue weighted by molar-refractivity contribution is 6.02. The Morgan fingerprint density at radius 3 is 2.15 bits per heavy atom. The SMILES string of the molecule is COc1cc(C2CC(=O)NC3=C2C(=O)CC(c2ccc(OC(C)C)cc2)C3)ccc1OC(C)C. The summed E-state index contributed by atoms with van der Waals surface area (Å²) >= 11 is 0. The number of amides is 1. The van der Waals surface area contributed by atoms with E-state index in [1.807, 2.05) is 70.2 Å². The summed E-state index contributed by atoms with van der Waals surface area (Å²) < 4.78 is 17.1. The Labute approximate surface area is 201 Å². The van der Waals surface area contributed by atoms with Gasteiger partial charge < -0.3 is 19.5 Å². The van der Waals surface area contributed by atoms with E-state index in [0.29, 0.717) is 24.3 Å². The van der Waals surface area contributed by atoms with Gasteiger partial charge in [0.15, 0.2) is 17.3 Å². The van der Waals surface area contributed by atoms with Crippen molar-refractivity contribution in [2.24, 2.45) is 0 Å². The average molecular weight is 464 g/mol. The molecule has 2 aromatic rings. The molecule has 2 aromatic carbocycles. The summed E-state index contributed by atoms with van der Waals surface area (Å²) in [4.78, 5) is 26.0. The Kier molecular flexibility index (Phi) is 6.96. The lowest BCUT2D eigenvalue weighted by Gasteiger charge is -2.34. The van der Waals surface area contributed by atoms with Crippen molar-refractivity contribution in [2.45, 2.75) is 71.0 Å². The van der Waals surface area contributed by atoms with Crippen molar-refractivity contribution >= 4 is 11.7 Å². The predicted molar refractivity (Wildman–Crippen MR) is 130 cm³/mol. The number of hydrogen-bond acceptors (Lipinski definition) is 5. The molecule has 0 bridgehead atoms. The minimum Gasteiger partial charge on any atom is -0.493 e. The molecule has 1 amide bonds. The van der Waals surface area contributed by atoms with Gasteiger partial charge in [-0.15, -0.1) is 0 Å². The van der Waals surface area contributed by atoms with Gasteiger partial charge in [-0.05, 0) is 75.4 Å². The molecule has 1 N–H and O–H groups in total. The molecular formula is C28H33NO5. The van der Waals surface area contributed by atoms with Gasteiger partial charge in [-0.2, -0.15) is 0 Å². The van der Waals surface area contributed by atoms with Crippen LogP contribution in [0.25, 0.3) is 0 Å². The third kappa shape index (κ3) is 5.11. The van der Waals surface area contributed by atoms with Crippen LogP contribution in [0.3, 0.4) is 0 Å². The van der Waals surface area contributed by atoms with Crippen LogP contribution in [0, 0.1) is 0 Å². The lowest BCUT2D eigenvalue weighted by Crippen LogP contribution is -2.38. The Bertz CT molecular complexity index is 1100. The van der Waals surface area contributed by atoms with Crippen molar-refractivity contribution in [2.75, 3.05) is 7.11 Å². The van der Waals surface area contributed by atoms with E-state index >= 15 is 0 Å². The second-order valence-electron chi connectivity index (χ2n) is 9.54. The molecule has 0 aromatic heterocycles. The third-order valence-corrected chi connectivity index (χ3v) is 6.21. The molecule has 1 heterocycles. The van der Waals surface area contributed by atoms with E-state index in [-0.39, 0.29) is 42.2 Å². The van der Waals surface area contributed by atoms with Crippen molar-refractivity contribution in [1.29, 1.82) is 0 Å². The molecule has 2 atom stereocenters. The number of nitrogens with one attached hydrogen (secondary N) is 1. The molecule has 4 rings (SSSR count). The first-order valence-corrected chi connectivity index (χ1v) is 11.9. The highest BCUT2D eigenvalue weighted by atomic mass is 16.5. The van der Waals surface area contributed by atoms with Crippen LogP contribution in [0.1, 0.15) is 69.9 Å². The van der Waals surface area contributed by atoms with E-state index < -0.39 is 0 Å². The molecule has 34 heavy (non-hydrogen) atoms. The molecule has 2 aliphatic rings. The number of ether oxygens (including phenoxy) is 3. The van der Waals surface area contributed by atoms with Crippen LogP contribution in [-0.2, 0) is 9.59 Å². The van der Waals surface area contributed by atoms with Gasteiger partial charge in [0.05, 0.1) is 19.3 Å². The van der Waals surface area contributed by atoms with Gasteiger partial charge in [-0.3, -0.25) is 9.59 Å². The van der Waals surface area contributed by atoms with Crippen LogP contribution in [0.2, 0.25) is 0 Å². The first-order valence-electron chi connectivity index (χ1n) is 11.9. The zero-order valence-corrected chi connectivity index (χ0v) is 20.5. The van der Waals surface area contributed by atoms with E-state index in [0.717, 1.165) is 28.1 Å². The lowest BCUT2D eigenvalue weighted by atomic mass is 9.73. The summed E-state index contributed by atoms with van der Waals surface area (Å²) in [6.45, 7) is 7.89.